The smallest absolute Gasteiger partial charge is 0.220 e. The summed E-state index contributed by atoms with van der Waals surface area (Å²) >= 11 is 7.71. The summed E-state index contributed by atoms with van der Waals surface area (Å²) < 4.78 is 5.70. The first-order valence-corrected chi connectivity index (χ1v) is 11.8. The van der Waals surface area contributed by atoms with E-state index in [2.05, 4.69) is 22.0 Å². The van der Waals surface area contributed by atoms with E-state index in [1.165, 1.54) is 0 Å². The van der Waals surface area contributed by atoms with Crippen molar-refractivity contribution in [2.75, 3.05) is 0 Å². The van der Waals surface area contributed by atoms with E-state index < -0.39 is 11.9 Å². The van der Waals surface area contributed by atoms with Crippen LogP contribution in [0.15, 0.2) is 58.3 Å². The van der Waals surface area contributed by atoms with Crippen LogP contribution in [0.5, 0.6) is 0 Å². The molecule has 1 aliphatic rings. The van der Waals surface area contributed by atoms with Gasteiger partial charge in [0.2, 0.25) is 5.91 Å². The normalized spacial score (nSPS) is 14.3. The Labute approximate surface area is 205 Å². The van der Waals surface area contributed by atoms with Crippen molar-refractivity contribution in [3.8, 4) is 22.3 Å². The topological polar surface area (TPSA) is 94.4 Å². The van der Waals surface area contributed by atoms with Gasteiger partial charge in [0.25, 0.3) is 0 Å². The second kappa shape index (κ2) is 8.90. The first-order chi connectivity index (χ1) is 16.4. The number of pyridine rings is 1. The van der Waals surface area contributed by atoms with Gasteiger partial charge in [-0.3, -0.25) is 14.8 Å². The summed E-state index contributed by atoms with van der Waals surface area (Å²) in [5.41, 5.74) is 11.6. The third kappa shape index (κ3) is 4.03. The molecule has 34 heavy (non-hydrogen) atoms. The first kappa shape index (κ1) is 22.1. The first-order valence-electron chi connectivity index (χ1n) is 10.6. The Bertz CT molecular complexity index is 1490. The van der Waals surface area contributed by atoms with Gasteiger partial charge in [-0.05, 0) is 43.7 Å². The number of halogens is 1. The van der Waals surface area contributed by atoms with Gasteiger partial charge in [-0.15, -0.1) is 11.3 Å². The molecule has 4 aromatic rings. The highest BCUT2D eigenvalue weighted by Gasteiger charge is 2.34. The van der Waals surface area contributed by atoms with E-state index in [1.54, 1.807) is 23.7 Å². The number of fused-ring (bicyclic) bond motifs is 3. The molecule has 5 rings (SSSR count). The fourth-order valence-electron chi connectivity index (χ4n) is 3.98. The van der Waals surface area contributed by atoms with Gasteiger partial charge in [0, 0.05) is 34.1 Å². The van der Waals surface area contributed by atoms with Crippen molar-refractivity contribution in [1.29, 1.82) is 0 Å². The molecule has 0 aliphatic carbocycles. The summed E-state index contributed by atoms with van der Waals surface area (Å²) in [4.78, 5) is 22.8. The minimum atomic E-state index is -0.579. The molecule has 4 heterocycles. The Hall–Kier alpha value is -3.73. The van der Waals surface area contributed by atoms with E-state index in [0.29, 0.717) is 10.8 Å². The zero-order chi connectivity index (χ0) is 23.8. The number of hydrogen-bond donors (Lipinski definition) is 1. The van der Waals surface area contributed by atoms with Crippen molar-refractivity contribution in [3.05, 3.63) is 92.4 Å². The molecule has 1 aliphatic heterocycles. The zero-order valence-corrected chi connectivity index (χ0v) is 20.0. The maximum Gasteiger partial charge on any atom is 0.220 e. The number of nitrogens with two attached hydrogens (primary N) is 1. The lowest BCUT2D eigenvalue weighted by Crippen LogP contribution is -2.15. The number of hydrogen-bond acceptors (Lipinski definition) is 6. The zero-order valence-electron chi connectivity index (χ0n) is 18.4. The van der Waals surface area contributed by atoms with E-state index >= 15 is 0 Å². The lowest BCUT2D eigenvalue weighted by molar-refractivity contribution is -0.118. The lowest BCUT2D eigenvalue weighted by atomic mass is 9.96. The van der Waals surface area contributed by atoms with E-state index in [9.17, 15) is 4.79 Å². The van der Waals surface area contributed by atoms with E-state index in [0.717, 1.165) is 49.0 Å². The minimum Gasteiger partial charge on any atom is -0.370 e. The molecule has 0 saturated heterocycles. The van der Waals surface area contributed by atoms with Gasteiger partial charge in [-0.25, -0.2) is 0 Å². The summed E-state index contributed by atoms with van der Waals surface area (Å²) in [5, 5.41) is 4.82. The molecule has 0 fully saturated rings. The molecule has 2 N–H and O–H groups in total. The second-order valence-electron chi connectivity index (χ2n) is 7.92. The predicted molar refractivity (Wildman–Crippen MR) is 133 cm³/mol. The number of amides is 1. The summed E-state index contributed by atoms with van der Waals surface area (Å²) in [7, 11) is 0. The van der Waals surface area contributed by atoms with Crippen molar-refractivity contribution in [3.63, 3.8) is 0 Å². The van der Waals surface area contributed by atoms with Crippen molar-refractivity contribution in [1.82, 2.24) is 10.1 Å². The number of carbonyl (C=O) groups excluding carboxylic acids is 1. The number of nitrogens with zero attached hydrogens (tertiary/aromatic N) is 3. The summed E-state index contributed by atoms with van der Waals surface area (Å²) in [6, 6.07) is 10.7. The average Bonchev–Trinajstić information content (AvgIpc) is 3.31. The Kier molecular flexibility index (Phi) is 5.78. The maximum absolute atomic E-state index is 11.9. The van der Waals surface area contributed by atoms with Gasteiger partial charge in [-0.1, -0.05) is 40.7 Å². The molecule has 0 radical (unpaired) electrons. The van der Waals surface area contributed by atoms with Crippen LogP contribution in [0.1, 0.15) is 51.0 Å². The maximum atomic E-state index is 11.9. The van der Waals surface area contributed by atoms with Gasteiger partial charge in [0.15, 0.2) is 5.76 Å². The molecule has 1 amide bonds. The standard InChI is InChI=1S/C26H19ClN4O2S/c1-14-20(8-3-16-9-11-29-12-10-16)34-26-22(14)24(17-4-6-18(27)7-5-17)30-19(13-21(28)32)25-23(26)15(2)31-33-25/h4-7,9-12,19H,13H2,1-2H3,(H2,28,32)/t19-/m0/s1. The van der Waals surface area contributed by atoms with Crippen LogP contribution in [0.2, 0.25) is 5.02 Å². The quantitative estimate of drug-likeness (QED) is 0.401. The molecule has 0 unspecified atom stereocenters. The average molecular weight is 487 g/mol. The third-order valence-electron chi connectivity index (χ3n) is 5.60. The summed E-state index contributed by atoms with van der Waals surface area (Å²) in [6.07, 6.45) is 3.45. The van der Waals surface area contributed by atoms with Gasteiger partial charge in [0.1, 0.15) is 6.04 Å². The molecule has 0 bridgehead atoms. The monoisotopic (exact) mass is 486 g/mol. The Morgan fingerprint density at radius 2 is 1.85 bits per heavy atom. The molecule has 6 nitrogen and oxygen atoms in total. The SMILES string of the molecule is Cc1noc2c1-c1sc(C#Cc3ccncc3)c(C)c1C(c1ccc(Cl)cc1)=N[C@H]2CC(N)=O. The molecule has 0 spiro atoms. The Morgan fingerprint density at radius 3 is 2.56 bits per heavy atom. The van der Waals surface area contributed by atoms with Crippen LogP contribution in [0.3, 0.4) is 0 Å². The van der Waals surface area contributed by atoms with Gasteiger partial charge < -0.3 is 10.3 Å². The largest absolute Gasteiger partial charge is 0.370 e. The fraction of sp³-hybridized carbons (Fsp3) is 0.154. The number of aliphatic imine (C=N–C) groups is 1. The van der Waals surface area contributed by atoms with Crippen LogP contribution in [-0.2, 0) is 4.79 Å². The number of rotatable bonds is 3. The lowest BCUT2D eigenvalue weighted by Gasteiger charge is -2.11. The van der Waals surface area contributed by atoms with Crippen LogP contribution in [0.25, 0.3) is 10.4 Å². The number of thiophene rings is 1. The van der Waals surface area contributed by atoms with Crippen LogP contribution in [0.4, 0.5) is 0 Å². The fourth-order valence-corrected chi connectivity index (χ4v) is 5.37. The van der Waals surface area contributed by atoms with Crippen molar-refractivity contribution < 1.29 is 9.32 Å². The molecule has 168 valence electrons. The highest BCUT2D eigenvalue weighted by Crippen LogP contribution is 2.46. The number of benzene rings is 1. The van der Waals surface area contributed by atoms with Crippen molar-refractivity contribution in [2.45, 2.75) is 26.3 Å². The van der Waals surface area contributed by atoms with Gasteiger partial charge in [-0.2, -0.15) is 0 Å². The highest BCUT2D eigenvalue weighted by molar-refractivity contribution is 7.16. The van der Waals surface area contributed by atoms with E-state index in [-0.39, 0.29) is 6.42 Å². The highest BCUT2D eigenvalue weighted by atomic mass is 35.5. The number of carbonyl (C=O) groups is 1. The van der Waals surface area contributed by atoms with Crippen molar-refractivity contribution >= 4 is 34.6 Å². The summed E-state index contributed by atoms with van der Waals surface area (Å²) in [6.45, 7) is 3.92. The number of primary amides is 1. The van der Waals surface area contributed by atoms with Gasteiger partial charge >= 0.3 is 0 Å². The second-order valence-corrected chi connectivity index (χ2v) is 9.38. The Balaban J connectivity index is 1.76. The van der Waals surface area contributed by atoms with Crippen LogP contribution in [0, 0.1) is 25.7 Å². The molecule has 0 saturated carbocycles. The molecule has 1 aromatic carbocycles. The molecular formula is C26H19ClN4O2S. The van der Waals surface area contributed by atoms with Crippen LogP contribution >= 0.6 is 22.9 Å². The van der Waals surface area contributed by atoms with Crippen LogP contribution in [-0.4, -0.2) is 21.8 Å². The molecule has 1 atom stereocenters. The molecular weight excluding hydrogens is 468 g/mol. The summed E-state index contributed by atoms with van der Waals surface area (Å²) in [5.74, 6) is 6.61. The number of aryl methyl sites for hydroxylation is 1. The van der Waals surface area contributed by atoms with Gasteiger partial charge in [0.05, 0.1) is 33.1 Å². The van der Waals surface area contributed by atoms with E-state index in [4.69, 9.17) is 26.9 Å². The van der Waals surface area contributed by atoms with E-state index in [1.807, 2.05) is 50.2 Å². The third-order valence-corrected chi connectivity index (χ3v) is 7.08. The van der Waals surface area contributed by atoms with Crippen LogP contribution < -0.4 is 5.73 Å². The minimum absolute atomic E-state index is 0.0153. The Morgan fingerprint density at radius 1 is 1.12 bits per heavy atom. The predicted octanol–water partition coefficient (Wildman–Crippen LogP) is 5.24. The molecule has 8 heteroatoms. The van der Waals surface area contributed by atoms with Crippen molar-refractivity contribution in [2.24, 2.45) is 10.7 Å². The number of aromatic nitrogens is 2. The molecule has 3 aromatic heterocycles.